The number of ether oxygens (including phenoxy) is 2. The highest BCUT2D eigenvalue weighted by atomic mass is 35.5. The van der Waals surface area contributed by atoms with Crippen LogP contribution in [0.3, 0.4) is 0 Å². The number of hydrogen-bond donors (Lipinski definition) is 2. The highest BCUT2D eigenvalue weighted by Crippen LogP contribution is 2.33. The maximum absolute atomic E-state index is 12.3. The number of carbonyl (C=O) groups is 2. The average molecular weight is 329 g/mol. The van der Waals surface area contributed by atoms with Gasteiger partial charge in [0.25, 0.3) is 5.91 Å². The van der Waals surface area contributed by atoms with E-state index in [0.29, 0.717) is 29.3 Å². The Morgan fingerprint density at radius 2 is 1.82 bits per heavy atom. The monoisotopic (exact) mass is 328 g/mol. The van der Waals surface area contributed by atoms with Gasteiger partial charge in [0.2, 0.25) is 5.91 Å². The van der Waals surface area contributed by atoms with Gasteiger partial charge in [-0.05, 0) is 12.5 Å². The maximum atomic E-state index is 12.3. The molecule has 7 heteroatoms. The summed E-state index contributed by atoms with van der Waals surface area (Å²) in [6.07, 6.45) is 1.85. The topological polar surface area (TPSA) is 76.7 Å². The van der Waals surface area contributed by atoms with Gasteiger partial charge in [0.05, 0.1) is 25.5 Å². The molecule has 0 aliphatic heterocycles. The molecule has 0 aliphatic carbocycles. The van der Waals surface area contributed by atoms with E-state index in [4.69, 9.17) is 21.1 Å². The quantitative estimate of drug-likeness (QED) is 0.567. The summed E-state index contributed by atoms with van der Waals surface area (Å²) in [6.45, 7) is 2.60. The normalized spacial score (nSPS) is 10.0. The van der Waals surface area contributed by atoms with Gasteiger partial charge in [-0.3, -0.25) is 9.59 Å². The average Bonchev–Trinajstić information content (AvgIpc) is 2.54. The van der Waals surface area contributed by atoms with Gasteiger partial charge in [0, 0.05) is 12.6 Å². The zero-order chi connectivity index (χ0) is 16.5. The standard InChI is InChI=1S/C15H21ClN2O4/c1-4-5-6-17-15(20)10-7-12(21-2)13(22-3)8-11(10)18-14(19)9-16/h7-8H,4-6,9H2,1-3H3,(H,17,20)(H,18,19). The Morgan fingerprint density at radius 1 is 1.18 bits per heavy atom. The van der Waals surface area contributed by atoms with Crippen molar-refractivity contribution in [1.82, 2.24) is 5.32 Å². The summed E-state index contributed by atoms with van der Waals surface area (Å²) in [7, 11) is 2.96. The largest absolute Gasteiger partial charge is 0.493 e. The van der Waals surface area contributed by atoms with Crippen LogP contribution < -0.4 is 20.1 Å². The third kappa shape index (κ3) is 4.80. The van der Waals surface area contributed by atoms with Crippen LogP contribution in [0.4, 0.5) is 5.69 Å². The summed E-state index contributed by atoms with van der Waals surface area (Å²) < 4.78 is 10.4. The first kappa shape index (κ1) is 18.1. The van der Waals surface area contributed by atoms with E-state index in [1.165, 1.54) is 26.4 Å². The van der Waals surface area contributed by atoms with E-state index in [0.717, 1.165) is 12.8 Å². The Kier molecular flexibility index (Phi) is 7.52. The van der Waals surface area contributed by atoms with Crippen LogP contribution in [0.5, 0.6) is 11.5 Å². The van der Waals surface area contributed by atoms with Crippen LogP contribution in [-0.2, 0) is 4.79 Å². The lowest BCUT2D eigenvalue weighted by atomic mass is 10.1. The predicted octanol–water partition coefficient (Wildman–Crippen LogP) is 2.41. The lowest BCUT2D eigenvalue weighted by Gasteiger charge is -2.15. The van der Waals surface area contributed by atoms with Crippen molar-refractivity contribution in [3.05, 3.63) is 17.7 Å². The SMILES string of the molecule is CCCCNC(=O)c1cc(OC)c(OC)cc1NC(=O)CCl. The van der Waals surface area contributed by atoms with Crippen LogP contribution in [0.1, 0.15) is 30.1 Å². The van der Waals surface area contributed by atoms with E-state index >= 15 is 0 Å². The molecule has 0 aliphatic rings. The molecule has 0 bridgehead atoms. The van der Waals surface area contributed by atoms with Gasteiger partial charge >= 0.3 is 0 Å². The number of anilines is 1. The number of rotatable bonds is 8. The highest BCUT2D eigenvalue weighted by Gasteiger charge is 2.18. The van der Waals surface area contributed by atoms with E-state index < -0.39 is 5.91 Å². The molecule has 0 saturated carbocycles. The van der Waals surface area contributed by atoms with Crippen molar-refractivity contribution in [2.75, 3.05) is 32.0 Å². The van der Waals surface area contributed by atoms with Gasteiger partial charge in [0.15, 0.2) is 11.5 Å². The van der Waals surface area contributed by atoms with Crippen molar-refractivity contribution in [2.24, 2.45) is 0 Å². The molecule has 1 rings (SSSR count). The Hall–Kier alpha value is -1.95. The Bertz CT molecular complexity index is 535. The van der Waals surface area contributed by atoms with Crippen molar-refractivity contribution >= 4 is 29.1 Å². The van der Waals surface area contributed by atoms with Crippen LogP contribution in [-0.4, -0.2) is 38.5 Å². The number of methoxy groups -OCH3 is 2. The summed E-state index contributed by atoms with van der Waals surface area (Å²) in [5.41, 5.74) is 0.629. The fourth-order valence-electron chi connectivity index (χ4n) is 1.83. The van der Waals surface area contributed by atoms with Crippen molar-refractivity contribution in [3.63, 3.8) is 0 Å². The van der Waals surface area contributed by atoms with Crippen molar-refractivity contribution in [2.45, 2.75) is 19.8 Å². The van der Waals surface area contributed by atoms with Gasteiger partial charge < -0.3 is 20.1 Å². The lowest BCUT2D eigenvalue weighted by molar-refractivity contribution is -0.113. The van der Waals surface area contributed by atoms with Crippen LogP contribution in [0.15, 0.2) is 12.1 Å². The number of unbranched alkanes of at least 4 members (excludes halogenated alkanes) is 1. The van der Waals surface area contributed by atoms with Crippen molar-refractivity contribution in [3.8, 4) is 11.5 Å². The number of carbonyl (C=O) groups excluding carboxylic acids is 2. The molecule has 2 amide bonds. The van der Waals surface area contributed by atoms with E-state index in [-0.39, 0.29) is 11.8 Å². The minimum atomic E-state index is -0.406. The van der Waals surface area contributed by atoms with Crippen LogP contribution in [0.25, 0.3) is 0 Å². The van der Waals surface area contributed by atoms with Gasteiger partial charge in [-0.2, -0.15) is 0 Å². The predicted molar refractivity (Wildman–Crippen MR) is 86.1 cm³/mol. The molecule has 0 spiro atoms. The third-order valence-corrected chi connectivity index (χ3v) is 3.22. The first-order valence-corrected chi connectivity index (χ1v) is 7.50. The van der Waals surface area contributed by atoms with E-state index in [2.05, 4.69) is 10.6 Å². The van der Waals surface area contributed by atoms with Gasteiger partial charge in [-0.1, -0.05) is 13.3 Å². The number of halogens is 1. The van der Waals surface area contributed by atoms with Crippen LogP contribution >= 0.6 is 11.6 Å². The zero-order valence-electron chi connectivity index (χ0n) is 13.0. The van der Waals surface area contributed by atoms with Gasteiger partial charge in [0.1, 0.15) is 5.88 Å². The van der Waals surface area contributed by atoms with Crippen molar-refractivity contribution < 1.29 is 19.1 Å². The number of alkyl halides is 1. The summed E-state index contributed by atoms with van der Waals surface area (Å²) in [5.74, 6) is -0.0779. The third-order valence-electron chi connectivity index (χ3n) is 2.98. The Balaban J connectivity index is 3.14. The summed E-state index contributed by atoms with van der Waals surface area (Å²) >= 11 is 5.50. The fourth-order valence-corrected chi connectivity index (χ4v) is 1.89. The molecule has 0 aromatic heterocycles. The van der Waals surface area contributed by atoms with Gasteiger partial charge in [-0.15, -0.1) is 11.6 Å². The summed E-state index contributed by atoms with van der Waals surface area (Å²) in [6, 6.07) is 3.07. The number of nitrogens with one attached hydrogen (secondary N) is 2. The number of hydrogen-bond acceptors (Lipinski definition) is 4. The van der Waals surface area contributed by atoms with Crippen LogP contribution in [0, 0.1) is 0 Å². The lowest BCUT2D eigenvalue weighted by Crippen LogP contribution is -2.26. The summed E-state index contributed by atoms with van der Waals surface area (Å²) in [4.78, 5) is 23.8. The minimum absolute atomic E-state index is 0.203. The maximum Gasteiger partial charge on any atom is 0.253 e. The molecule has 1 aromatic carbocycles. The molecule has 0 saturated heterocycles. The molecule has 22 heavy (non-hydrogen) atoms. The first-order chi connectivity index (χ1) is 10.6. The molecule has 1 aromatic rings. The molecule has 0 fully saturated rings. The first-order valence-electron chi connectivity index (χ1n) is 6.97. The van der Waals surface area contributed by atoms with E-state index in [1.807, 2.05) is 6.92 Å². The second-order valence-electron chi connectivity index (χ2n) is 4.54. The molecule has 0 radical (unpaired) electrons. The second kappa shape index (κ2) is 9.15. The molecule has 2 N–H and O–H groups in total. The van der Waals surface area contributed by atoms with E-state index in [1.54, 1.807) is 0 Å². The summed E-state index contributed by atoms with van der Waals surface area (Å²) in [5, 5.41) is 5.39. The second-order valence-corrected chi connectivity index (χ2v) is 4.81. The molecule has 6 nitrogen and oxygen atoms in total. The Morgan fingerprint density at radius 3 is 2.36 bits per heavy atom. The zero-order valence-corrected chi connectivity index (χ0v) is 13.8. The molecule has 0 atom stereocenters. The molecular weight excluding hydrogens is 308 g/mol. The van der Waals surface area contributed by atoms with Gasteiger partial charge in [-0.25, -0.2) is 0 Å². The highest BCUT2D eigenvalue weighted by molar-refractivity contribution is 6.29. The smallest absolute Gasteiger partial charge is 0.253 e. The number of amides is 2. The molecular formula is C15H21ClN2O4. The molecule has 122 valence electrons. The Labute approximate surface area is 135 Å². The minimum Gasteiger partial charge on any atom is -0.493 e. The molecule has 0 unspecified atom stereocenters. The number of benzene rings is 1. The van der Waals surface area contributed by atoms with Crippen molar-refractivity contribution in [1.29, 1.82) is 0 Å². The molecule has 0 heterocycles. The van der Waals surface area contributed by atoms with Crippen LogP contribution in [0.2, 0.25) is 0 Å². The van der Waals surface area contributed by atoms with E-state index in [9.17, 15) is 9.59 Å². The fraction of sp³-hybridized carbons (Fsp3) is 0.467.